The van der Waals surface area contributed by atoms with Gasteiger partial charge in [-0.2, -0.15) is 5.10 Å². The van der Waals surface area contributed by atoms with Crippen molar-refractivity contribution in [3.05, 3.63) is 53.0 Å². The summed E-state index contributed by atoms with van der Waals surface area (Å²) < 4.78 is 7.22. The van der Waals surface area contributed by atoms with Crippen LogP contribution in [-0.2, 0) is 16.0 Å². The fourth-order valence-corrected chi connectivity index (χ4v) is 3.74. The second-order valence-electron chi connectivity index (χ2n) is 6.99. The molecule has 27 heavy (non-hydrogen) atoms. The number of amides is 1. The Morgan fingerprint density at radius 2 is 1.78 bits per heavy atom. The fraction of sp³-hybridized carbons (Fsp3) is 0.381. The predicted octanol–water partition coefficient (Wildman–Crippen LogP) is 2.72. The van der Waals surface area contributed by atoms with Gasteiger partial charge in [0.25, 0.3) is 0 Å². The highest BCUT2D eigenvalue weighted by molar-refractivity contribution is 5.82. The monoisotopic (exact) mass is 364 g/mol. The number of carbonyl (C=O) groups is 1. The smallest absolute Gasteiger partial charge is 0.227 e. The van der Waals surface area contributed by atoms with Crippen LogP contribution in [-0.4, -0.2) is 51.7 Å². The first-order valence-corrected chi connectivity index (χ1v) is 9.32. The summed E-state index contributed by atoms with van der Waals surface area (Å²) in [5.41, 5.74) is 6.76. The van der Waals surface area contributed by atoms with Gasteiger partial charge in [-0.25, -0.2) is 9.50 Å². The highest BCUT2D eigenvalue weighted by Gasteiger charge is 2.22. The summed E-state index contributed by atoms with van der Waals surface area (Å²) in [5, 5.41) is 4.72. The van der Waals surface area contributed by atoms with Crippen molar-refractivity contribution in [3.8, 4) is 11.1 Å². The largest absolute Gasteiger partial charge is 0.378 e. The van der Waals surface area contributed by atoms with Gasteiger partial charge in [-0.05, 0) is 26.3 Å². The second-order valence-corrected chi connectivity index (χ2v) is 6.99. The van der Waals surface area contributed by atoms with Gasteiger partial charge in [0.15, 0.2) is 5.65 Å². The molecule has 0 spiro atoms. The normalized spacial score (nSPS) is 14.7. The van der Waals surface area contributed by atoms with Crippen LogP contribution in [0.2, 0.25) is 0 Å². The van der Waals surface area contributed by atoms with Crippen LogP contribution in [0.4, 0.5) is 0 Å². The van der Waals surface area contributed by atoms with Gasteiger partial charge < -0.3 is 9.64 Å². The zero-order valence-corrected chi connectivity index (χ0v) is 16.0. The topological polar surface area (TPSA) is 59.7 Å². The van der Waals surface area contributed by atoms with Gasteiger partial charge >= 0.3 is 0 Å². The molecule has 1 amide bonds. The van der Waals surface area contributed by atoms with E-state index in [1.54, 1.807) is 0 Å². The maximum atomic E-state index is 12.7. The van der Waals surface area contributed by atoms with Gasteiger partial charge in [-0.1, -0.05) is 30.3 Å². The van der Waals surface area contributed by atoms with Crippen LogP contribution in [0.3, 0.4) is 0 Å². The first kappa shape index (κ1) is 17.7. The van der Waals surface area contributed by atoms with E-state index in [-0.39, 0.29) is 5.91 Å². The highest BCUT2D eigenvalue weighted by Crippen LogP contribution is 2.29. The minimum atomic E-state index is 0.123. The maximum Gasteiger partial charge on any atom is 0.227 e. The summed E-state index contributed by atoms with van der Waals surface area (Å²) in [7, 11) is 0. The third-order valence-corrected chi connectivity index (χ3v) is 5.26. The first-order chi connectivity index (χ1) is 13.1. The molecule has 0 radical (unpaired) electrons. The predicted molar refractivity (Wildman–Crippen MR) is 104 cm³/mol. The fourth-order valence-electron chi connectivity index (χ4n) is 3.74. The van der Waals surface area contributed by atoms with Gasteiger partial charge in [-0.15, -0.1) is 0 Å². The Kier molecular flexibility index (Phi) is 4.66. The maximum absolute atomic E-state index is 12.7. The molecule has 1 aliphatic heterocycles. The van der Waals surface area contributed by atoms with Gasteiger partial charge in [0, 0.05) is 35.6 Å². The third-order valence-electron chi connectivity index (χ3n) is 5.26. The number of ether oxygens (including phenoxy) is 1. The third kappa shape index (κ3) is 3.21. The van der Waals surface area contributed by atoms with E-state index in [4.69, 9.17) is 14.8 Å². The molecular weight excluding hydrogens is 340 g/mol. The second kappa shape index (κ2) is 7.12. The molecule has 1 aromatic carbocycles. The molecule has 140 valence electrons. The zero-order valence-electron chi connectivity index (χ0n) is 16.0. The molecule has 0 bridgehead atoms. The Labute approximate surface area is 158 Å². The number of benzene rings is 1. The van der Waals surface area contributed by atoms with Crippen LogP contribution < -0.4 is 0 Å². The molecule has 3 aromatic rings. The van der Waals surface area contributed by atoms with E-state index in [9.17, 15) is 4.79 Å². The Hall–Kier alpha value is -2.73. The Bertz CT molecular complexity index is 989. The van der Waals surface area contributed by atoms with Crippen LogP contribution in [0, 0.1) is 20.8 Å². The molecule has 1 aliphatic rings. The molecule has 1 fully saturated rings. The van der Waals surface area contributed by atoms with E-state index in [0.717, 1.165) is 39.4 Å². The van der Waals surface area contributed by atoms with Crippen LogP contribution in [0.25, 0.3) is 16.8 Å². The highest BCUT2D eigenvalue weighted by atomic mass is 16.5. The molecule has 0 N–H and O–H groups in total. The van der Waals surface area contributed by atoms with Crippen molar-refractivity contribution in [2.45, 2.75) is 27.2 Å². The number of hydrogen-bond donors (Lipinski definition) is 0. The number of aryl methyl sites for hydroxylation is 3. The molecule has 0 aliphatic carbocycles. The van der Waals surface area contributed by atoms with Crippen molar-refractivity contribution in [1.82, 2.24) is 19.5 Å². The van der Waals surface area contributed by atoms with Crippen LogP contribution in [0.15, 0.2) is 30.3 Å². The number of hydrogen-bond acceptors (Lipinski definition) is 4. The van der Waals surface area contributed by atoms with E-state index < -0.39 is 0 Å². The van der Waals surface area contributed by atoms with Crippen molar-refractivity contribution >= 4 is 11.6 Å². The summed E-state index contributed by atoms with van der Waals surface area (Å²) in [4.78, 5) is 19.4. The Balaban J connectivity index is 1.75. The van der Waals surface area contributed by atoms with Gasteiger partial charge in [-0.3, -0.25) is 4.79 Å². The van der Waals surface area contributed by atoms with E-state index in [1.807, 2.05) is 48.4 Å². The number of nitrogens with zero attached hydrogens (tertiary/aromatic N) is 4. The van der Waals surface area contributed by atoms with Crippen molar-refractivity contribution in [1.29, 1.82) is 0 Å². The summed E-state index contributed by atoms with van der Waals surface area (Å²) in [6.07, 6.45) is 0.347. The van der Waals surface area contributed by atoms with Crippen molar-refractivity contribution in [2.24, 2.45) is 0 Å². The quantitative estimate of drug-likeness (QED) is 0.717. The molecule has 0 unspecified atom stereocenters. The van der Waals surface area contributed by atoms with Crippen LogP contribution >= 0.6 is 0 Å². The molecule has 4 rings (SSSR count). The lowest BCUT2D eigenvalue weighted by atomic mass is 10.0. The van der Waals surface area contributed by atoms with E-state index in [0.29, 0.717) is 32.7 Å². The lowest BCUT2D eigenvalue weighted by molar-refractivity contribution is -0.134. The van der Waals surface area contributed by atoms with Crippen LogP contribution in [0.5, 0.6) is 0 Å². The number of aromatic nitrogens is 3. The molecule has 1 saturated heterocycles. The summed E-state index contributed by atoms with van der Waals surface area (Å²) in [5.74, 6) is 0.123. The number of fused-ring (bicyclic) bond motifs is 1. The Morgan fingerprint density at radius 1 is 1.07 bits per heavy atom. The van der Waals surface area contributed by atoms with E-state index in [2.05, 4.69) is 12.1 Å². The van der Waals surface area contributed by atoms with Gasteiger partial charge in [0.1, 0.15) is 0 Å². The number of rotatable bonds is 3. The standard InChI is InChI=1S/C21H24N4O2/c1-14-18(13-19(26)24-9-11-27-12-10-24)16(3)25-21(22-14)20(15(2)23-25)17-7-5-4-6-8-17/h4-8H,9-13H2,1-3H3. The molecule has 0 atom stereocenters. The molecular formula is C21H24N4O2. The van der Waals surface area contributed by atoms with E-state index in [1.165, 1.54) is 0 Å². The first-order valence-electron chi connectivity index (χ1n) is 9.32. The molecule has 6 heteroatoms. The zero-order chi connectivity index (χ0) is 19.0. The minimum absolute atomic E-state index is 0.123. The average Bonchev–Trinajstić information content (AvgIpc) is 3.02. The Morgan fingerprint density at radius 3 is 2.48 bits per heavy atom. The molecule has 2 aromatic heterocycles. The number of morpholine rings is 1. The lowest BCUT2D eigenvalue weighted by Gasteiger charge is -2.27. The SMILES string of the molecule is Cc1nc2c(-c3ccccc3)c(C)nn2c(C)c1CC(=O)N1CCOCC1. The summed E-state index contributed by atoms with van der Waals surface area (Å²) in [6.45, 7) is 8.54. The van der Waals surface area contributed by atoms with Crippen molar-refractivity contribution < 1.29 is 9.53 Å². The minimum Gasteiger partial charge on any atom is -0.378 e. The molecule has 0 saturated carbocycles. The molecule has 6 nitrogen and oxygen atoms in total. The summed E-state index contributed by atoms with van der Waals surface area (Å²) >= 11 is 0. The number of carbonyl (C=O) groups excluding carboxylic acids is 1. The average molecular weight is 364 g/mol. The van der Waals surface area contributed by atoms with Crippen LogP contribution in [0.1, 0.15) is 22.6 Å². The van der Waals surface area contributed by atoms with E-state index >= 15 is 0 Å². The van der Waals surface area contributed by atoms with Gasteiger partial charge in [0.05, 0.1) is 25.3 Å². The molecule has 3 heterocycles. The summed E-state index contributed by atoms with van der Waals surface area (Å²) in [6, 6.07) is 10.2. The lowest BCUT2D eigenvalue weighted by Crippen LogP contribution is -2.41. The van der Waals surface area contributed by atoms with Gasteiger partial charge in [0.2, 0.25) is 5.91 Å². The van der Waals surface area contributed by atoms with Crippen molar-refractivity contribution in [3.63, 3.8) is 0 Å². The van der Waals surface area contributed by atoms with Crippen molar-refractivity contribution in [2.75, 3.05) is 26.3 Å².